The number of hydrogen-bond acceptors (Lipinski definition) is 3. The highest BCUT2D eigenvalue weighted by molar-refractivity contribution is 5.79. The van der Waals surface area contributed by atoms with Crippen molar-refractivity contribution in [3.8, 4) is 5.75 Å². The first kappa shape index (κ1) is 16.0. The first-order valence-electron chi connectivity index (χ1n) is 9.12. The molecular formula is C21H24N2O2. The number of rotatable bonds is 4. The Hall–Kier alpha value is -2.49. The second-order valence-corrected chi connectivity index (χ2v) is 6.83. The zero-order valence-corrected chi connectivity index (χ0v) is 14.4. The molecule has 0 bridgehead atoms. The van der Waals surface area contributed by atoms with E-state index in [2.05, 4.69) is 34.5 Å². The molecule has 0 radical (unpaired) electrons. The van der Waals surface area contributed by atoms with Gasteiger partial charge in [0.05, 0.1) is 5.92 Å². The third-order valence-electron chi connectivity index (χ3n) is 5.14. The van der Waals surface area contributed by atoms with Crippen LogP contribution in [-0.2, 0) is 17.6 Å². The molecule has 2 aliphatic heterocycles. The third kappa shape index (κ3) is 3.48. The van der Waals surface area contributed by atoms with E-state index in [1.165, 1.54) is 17.7 Å². The van der Waals surface area contributed by atoms with Gasteiger partial charge in [-0.2, -0.15) is 0 Å². The van der Waals surface area contributed by atoms with Crippen molar-refractivity contribution < 1.29 is 9.53 Å². The topological polar surface area (TPSA) is 41.6 Å². The van der Waals surface area contributed by atoms with Gasteiger partial charge in [0, 0.05) is 25.3 Å². The molecule has 0 aromatic heterocycles. The maximum Gasteiger partial charge on any atom is 0.226 e. The molecule has 0 saturated heterocycles. The molecule has 25 heavy (non-hydrogen) atoms. The minimum Gasteiger partial charge on any atom is -0.492 e. The zero-order chi connectivity index (χ0) is 17.1. The Balaban J connectivity index is 1.30. The molecule has 4 nitrogen and oxygen atoms in total. The number of nitrogens with one attached hydrogen (secondary N) is 1. The number of ether oxygens (including phenoxy) is 1. The first-order valence-corrected chi connectivity index (χ1v) is 9.12. The number of hydrogen-bond donors (Lipinski definition) is 1. The Morgan fingerprint density at radius 2 is 1.92 bits per heavy atom. The molecule has 1 amide bonds. The van der Waals surface area contributed by atoms with Crippen LogP contribution in [0.25, 0.3) is 0 Å². The summed E-state index contributed by atoms with van der Waals surface area (Å²) in [5, 5.41) is 3.10. The van der Waals surface area contributed by atoms with Crippen LogP contribution >= 0.6 is 0 Å². The molecule has 2 aromatic rings. The fourth-order valence-corrected chi connectivity index (χ4v) is 3.80. The Kier molecular flexibility index (Phi) is 4.59. The zero-order valence-electron chi connectivity index (χ0n) is 14.4. The van der Waals surface area contributed by atoms with Gasteiger partial charge >= 0.3 is 0 Å². The highest BCUT2D eigenvalue weighted by Gasteiger charge is 2.25. The van der Waals surface area contributed by atoms with Crippen molar-refractivity contribution in [1.29, 1.82) is 0 Å². The van der Waals surface area contributed by atoms with Gasteiger partial charge in [0.15, 0.2) is 0 Å². The molecule has 2 aliphatic rings. The quantitative estimate of drug-likeness (QED) is 0.933. The van der Waals surface area contributed by atoms with Gasteiger partial charge in [0.1, 0.15) is 12.4 Å². The highest BCUT2D eigenvalue weighted by atomic mass is 16.5. The summed E-state index contributed by atoms with van der Waals surface area (Å²) in [6.45, 7) is 3.06. The molecule has 0 unspecified atom stereocenters. The molecule has 130 valence electrons. The fourth-order valence-electron chi connectivity index (χ4n) is 3.80. The average Bonchev–Trinajstić information content (AvgIpc) is 2.67. The summed E-state index contributed by atoms with van der Waals surface area (Å²) in [6, 6.07) is 16.6. The molecular weight excluding hydrogens is 312 g/mol. The van der Waals surface area contributed by atoms with Gasteiger partial charge in [-0.05, 0) is 42.5 Å². The van der Waals surface area contributed by atoms with Crippen LogP contribution in [0.5, 0.6) is 5.75 Å². The first-order chi connectivity index (χ1) is 12.3. The van der Waals surface area contributed by atoms with Crippen LogP contribution < -0.4 is 15.0 Å². The molecule has 1 N–H and O–H groups in total. The summed E-state index contributed by atoms with van der Waals surface area (Å²) in [6.07, 6.45) is 3.09. The monoisotopic (exact) mass is 336 g/mol. The van der Waals surface area contributed by atoms with Crippen molar-refractivity contribution in [3.63, 3.8) is 0 Å². The summed E-state index contributed by atoms with van der Waals surface area (Å²) < 4.78 is 5.73. The summed E-state index contributed by atoms with van der Waals surface area (Å²) in [7, 11) is 0. The van der Waals surface area contributed by atoms with Crippen LogP contribution in [-0.4, -0.2) is 32.1 Å². The molecule has 0 aliphatic carbocycles. The normalized spacial score (nSPS) is 18.7. The maximum atomic E-state index is 12.5. The van der Waals surface area contributed by atoms with Crippen molar-refractivity contribution >= 4 is 11.6 Å². The number of carbonyl (C=O) groups is 1. The molecule has 2 heterocycles. The van der Waals surface area contributed by atoms with Gasteiger partial charge in [-0.15, -0.1) is 0 Å². The van der Waals surface area contributed by atoms with Gasteiger partial charge in [-0.3, -0.25) is 4.79 Å². The van der Waals surface area contributed by atoms with Gasteiger partial charge in [-0.25, -0.2) is 0 Å². The number of benzene rings is 2. The molecule has 0 fully saturated rings. The Morgan fingerprint density at radius 3 is 2.84 bits per heavy atom. The SMILES string of the molecule is O=C(NCCN1CCCc2ccccc21)[C@@H]1COc2ccccc2C1. The molecule has 2 aromatic carbocycles. The van der Waals surface area contributed by atoms with Crippen LogP contribution in [0.15, 0.2) is 48.5 Å². The van der Waals surface area contributed by atoms with Crippen LogP contribution in [0, 0.1) is 5.92 Å². The number of anilines is 1. The number of fused-ring (bicyclic) bond motifs is 2. The van der Waals surface area contributed by atoms with E-state index >= 15 is 0 Å². The summed E-state index contributed by atoms with van der Waals surface area (Å²) in [4.78, 5) is 14.9. The summed E-state index contributed by atoms with van der Waals surface area (Å²) in [5.41, 5.74) is 3.86. The number of amides is 1. The van der Waals surface area contributed by atoms with Gasteiger partial charge < -0.3 is 15.0 Å². The van der Waals surface area contributed by atoms with E-state index in [1.807, 2.05) is 24.3 Å². The van der Waals surface area contributed by atoms with E-state index in [0.29, 0.717) is 13.2 Å². The van der Waals surface area contributed by atoms with Gasteiger partial charge in [-0.1, -0.05) is 36.4 Å². The third-order valence-corrected chi connectivity index (χ3v) is 5.14. The molecule has 4 rings (SSSR count). The number of aryl methyl sites for hydroxylation is 1. The fraction of sp³-hybridized carbons (Fsp3) is 0.381. The van der Waals surface area contributed by atoms with Crippen LogP contribution in [0.1, 0.15) is 17.5 Å². The second kappa shape index (κ2) is 7.18. The van der Waals surface area contributed by atoms with Crippen molar-refractivity contribution in [2.24, 2.45) is 5.92 Å². The Morgan fingerprint density at radius 1 is 1.12 bits per heavy atom. The number of nitrogens with zero attached hydrogens (tertiary/aromatic N) is 1. The Bertz CT molecular complexity index is 759. The predicted octanol–water partition coefficient (Wildman–Crippen LogP) is 2.81. The predicted molar refractivity (Wildman–Crippen MR) is 99.1 cm³/mol. The van der Waals surface area contributed by atoms with E-state index in [1.54, 1.807) is 0 Å². The van der Waals surface area contributed by atoms with Crippen LogP contribution in [0.2, 0.25) is 0 Å². The molecule has 4 heteroatoms. The van der Waals surface area contributed by atoms with Crippen LogP contribution in [0.3, 0.4) is 0 Å². The molecule has 1 atom stereocenters. The summed E-state index contributed by atoms with van der Waals surface area (Å²) in [5.74, 6) is 0.916. The van der Waals surface area contributed by atoms with E-state index in [-0.39, 0.29) is 11.8 Å². The summed E-state index contributed by atoms with van der Waals surface area (Å²) >= 11 is 0. The lowest BCUT2D eigenvalue weighted by Gasteiger charge is -2.31. The van der Waals surface area contributed by atoms with E-state index in [0.717, 1.165) is 37.2 Å². The molecule has 0 saturated carbocycles. The van der Waals surface area contributed by atoms with E-state index in [9.17, 15) is 4.79 Å². The van der Waals surface area contributed by atoms with Crippen molar-refractivity contribution in [3.05, 3.63) is 59.7 Å². The second-order valence-electron chi connectivity index (χ2n) is 6.83. The smallest absolute Gasteiger partial charge is 0.226 e. The van der Waals surface area contributed by atoms with Gasteiger partial charge in [0.2, 0.25) is 5.91 Å². The van der Waals surface area contributed by atoms with Crippen molar-refractivity contribution in [2.45, 2.75) is 19.3 Å². The minimum absolute atomic E-state index is 0.0939. The lowest BCUT2D eigenvalue weighted by molar-refractivity contribution is -0.126. The van der Waals surface area contributed by atoms with E-state index < -0.39 is 0 Å². The Labute approximate surface area is 148 Å². The van der Waals surface area contributed by atoms with Gasteiger partial charge in [0.25, 0.3) is 0 Å². The van der Waals surface area contributed by atoms with Crippen LogP contribution in [0.4, 0.5) is 5.69 Å². The average molecular weight is 336 g/mol. The largest absolute Gasteiger partial charge is 0.492 e. The highest BCUT2D eigenvalue weighted by Crippen LogP contribution is 2.27. The maximum absolute atomic E-state index is 12.5. The lowest BCUT2D eigenvalue weighted by atomic mass is 9.96. The standard InChI is InChI=1S/C21H24N2O2/c24-21(18-14-17-7-2-4-10-20(17)25-15-18)22-11-13-23-12-5-8-16-6-1-3-9-19(16)23/h1-4,6-7,9-10,18H,5,8,11-15H2,(H,22,24)/t18-/m0/s1. The van der Waals surface area contributed by atoms with Crippen molar-refractivity contribution in [1.82, 2.24) is 5.32 Å². The minimum atomic E-state index is -0.0939. The van der Waals surface area contributed by atoms with E-state index in [4.69, 9.17) is 4.74 Å². The number of carbonyl (C=O) groups excluding carboxylic acids is 1. The van der Waals surface area contributed by atoms with Crippen molar-refractivity contribution in [2.75, 3.05) is 31.1 Å². The molecule has 0 spiro atoms. The number of para-hydroxylation sites is 2. The lowest BCUT2D eigenvalue weighted by Crippen LogP contribution is -2.42.